The van der Waals surface area contributed by atoms with Gasteiger partial charge in [0.05, 0.1) is 24.3 Å². The van der Waals surface area contributed by atoms with Crippen LogP contribution in [0.1, 0.15) is 27.0 Å². The van der Waals surface area contributed by atoms with E-state index in [1.807, 2.05) is 12.1 Å². The molecule has 0 bridgehead atoms. The minimum atomic E-state index is -4.52. The molecule has 6 nitrogen and oxygen atoms in total. The van der Waals surface area contributed by atoms with E-state index < -0.39 is 25.5 Å². The molecule has 11 heteroatoms. The first kappa shape index (κ1) is 28.4. The number of alkyl halides is 3. The zero-order valence-corrected chi connectivity index (χ0v) is 21.9. The maximum Gasteiger partial charge on any atom is 0.530 e. The minimum Gasteiger partial charge on any atom is -0.403 e. The van der Waals surface area contributed by atoms with Crippen molar-refractivity contribution in [1.29, 1.82) is 0 Å². The molecule has 4 aromatic carbocycles. The molecule has 0 heterocycles. The lowest BCUT2D eigenvalue weighted by molar-refractivity contribution is -0.137. The summed E-state index contributed by atoms with van der Waals surface area (Å²) in [6, 6.07) is 25.8. The summed E-state index contributed by atoms with van der Waals surface area (Å²) in [6.45, 7) is -0.207. The van der Waals surface area contributed by atoms with Gasteiger partial charge in [-0.15, -0.1) is 0 Å². The van der Waals surface area contributed by atoms with Crippen LogP contribution < -0.4 is 9.84 Å². The third-order valence-corrected chi connectivity index (χ3v) is 6.88. The molecule has 0 saturated heterocycles. The van der Waals surface area contributed by atoms with Gasteiger partial charge >= 0.3 is 14.0 Å². The van der Waals surface area contributed by atoms with Gasteiger partial charge in [-0.2, -0.15) is 13.2 Å². The highest BCUT2D eigenvalue weighted by Gasteiger charge is 2.32. The second-order valence-corrected chi connectivity index (χ2v) is 10.3. The van der Waals surface area contributed by atoms with Crippen molar-refractivity contribution >= 4 is 31.0 Å². The number of halogens is 4. The van der Waals surface area contributed by atoms with Gasteiger partial charge in [0.15, 0.2) is 0 Å². The van der Waals surface area contributed by atoms with Gasteiger partial charge in [-0.25, -0.2) is 4.57 Å². The predicted octanol–water partition coefficient (Wildman–Crippen LogP) is 8.53. The highest BCUT2D eigenvalue weighted by Crippen LogP contribution is 2.52. The molecule has 4 rings (SSSR count). The quantitative estimate of drug-likeness (QED) is 0.192. The number of anilines is 1. The second-order valence-electron chi connectivity index (χ2n) is 8.23. The van der Waals surface area contributed by atoms with Crippen LogP contribution in [-0.4, -0.2) is 5.91 Å². The number of carbonyl (C=O) groups excluding carboxylic acids is 1. The number of amides is 1. The fraction of sp³-hybridized carbons (Fsp3) is 0.107. The van der Waals surface area contributed by atoms with Gasteiger partial charge in [0, 0.05) is 10.7 Å². The van der Waals surface area contributed by atoms with Crippen LogP contribution in [0.15, 0.2) is 103 Å². The number of nitrogens with one attached hydrogen (secondary N) is 1. The Hall–Kier alpha value is -3.62. The lowest BCUT2D eigenvalue weighted by Crippen LogP contribution is -2.14. The molecule has 0 unspecified atom stereocenters. The lowest BCUT2D eigenvalue weighted by atomic mass is 10.1. The Bertz CT molecular complexity index is 1400. The fourth-order valence-corrected chi connectivity index (χ4v) is 4.73. The largest absolute Gasteiger partial charge is 0.530 e. The van der Waals surface area contributed by atoms with Gasteiger partial charge in [-0.3, -0.25) is 13.8 Å². The molecule has 0 aromatic heterocycles. The second kappa shape index (κ2) is 12.5. The minimum absolute atomic E-state index is 0.0998. The standard InChI is InChI=1S/C28H22ClF3NO5P/c29-23-13-16-26(25(17-23)27(34)33-24-14-11-22(12-15-24)28(30,31)32)38-39(35,36-18-20-7-3-1-4-8-20)37-19-21-9-5-2-6-10-21/h1-17H,18-19H2,(H,33,34). The summed E-state index contributed by atoms with van der Waals surface area (Å²) in [5.41, 5.74) is 0.526. The predicted molar refractivity (Wildman–Crippen MR) is 142 cm³/mol. The van der Waals surface area contributed by atoms with E-state index in [0.717, 1.165) is 24.3 Å². The molecule has 0 fully saturated rings. The van der Waals surface area contributed by atoms with Gasteiger partial charge < -0.3 is 9.84 Å². The summed E-state index contributed by atoms with van der Waals surface area (Å²) in [5.74, 6) is -0.918. The first-order valence-corrected chi connectivity index (χ1v) is 13.4. The van der Waals surface area contributed by atoms with Crippen molar-refractivity contribution in [3.63, 3.8) is 0 Å². The van der Waals surface area contributed by atoms with Crippen LogP contribution in [0.2, 0.25) is 5.02 Å². The summed E-state index contributed by atoms with van der Waals surface area (Å²) in [5, 5.41) is 2.66. The van der Waals surface area contributed by atoms with Crippen molar-refractivity contribution in [3.05, 3.63) is 130 Å². The van der Waals surface area contributed by atoms with Crippen LogP contribution in [0, 0.1) is 0 Å². The van der Waals surface area contributed by atoms with Gasteiger partial charge in [0.2, 0.25) is 0 Å². The Balaban J connectivity index is 1.57. The van der Waals surface area contributed by atoms with E-state index in [2.05, 4.69) is 5.32 Å². The fourth-order valence-electron chi connectivity index (χ4n) is 3.37. The van der Waals surface area contributed by atoms with Crippen molar-refractivity contribution in [1.82, 2.24) is 0 Å². The zero-order valence-electron chi connectivity index (χ0n) is 20.2. The highest BCUT2D eigenvalue weighted by molar-refractivity contribution is 7.48. The number of rotatable bonds is 10. The normalized spacial score (nSPS) is 11.7. The molecule has 202 valence electrons. The Morgan fingerprint density at radius 1 is 0.795 bits per heavy atom. The van der Waals surface area contributed by atoms with E-state index in [0.29, 0.717) is 11.1 Å². The van der Waals surface area contributed by atoms with E-state index in [4.69, 9.17) is 25.2 Å². The van der Waals surface area contributed by atoms with Crippen molar-refractivity contribution in [3.8, 4) is 5.75 Å². The molecule has 1 N–H and O–H groups in total. The molecule has 0 aliphatic carbocycles. The van der Waals surface area contributed by atoms with Crippen molar-refractivity contribution in [2.45, 2.75) is 19.4 Å². The molecule has 0 spiro atoms. The maximum absolute atomic E-state index is 13.7. The molecule has 0 aliphatic rings. The van der Waals surface area contributed by atoms with E-state index >= 15 is 0 Å². The molecule has 0 radical (unpaired) electrons. The van der Waals surface area contributed by atoms with Gasteiger partial charge in [0.1, 0.15) is 5.75 Å². The average molecular weight is 576 g/mol. The molecule has 0 saturated carbocycles. The van der Waals surface area contributed by atoms with Gasteiger partial charge in [-0.05, 0) is 53.6 Å². The summed E-state index contributed by atoms with van der Waals surface area (Å²) in [6.07, 6.45) is -4.52. The molecular weight excluding hydrogens is 554 g/mol. The maximum atomic E-state index is 13.7. The van der Waals surface area contributed by atoms with Crippen molar-refractivity contribution in [2.24, 2.45) is 0 Å². The number of carbonyl (C=O) groups is 1. The van der Waals surface area contributed by atoms with Crippen LogP contribution in [0.4, 0.5) is 18.9 Å². The molecule has 39 heavy (non-hydrogen) atoms. The van der Waals surface area contributed by atoms with E-state index in [1.165, 1.54) is 18.2 Å². The lowest BCUT2D eigenvalue weighted by Gasteiger charge is -2.20. The number of hydrogen-bond donors (Lipinski definition) is 1. The summed E-state index contributed by atoms with van der Waals surface area (Å²) in [7, 11) is -4.31. The average Bonchev–Trinajstić information content (AvgIpc) is 2.93. The monoisotopic (exact) mass is 575 g/mol. The van der Waals surface area contributed by atoms with Crippen molar-refractivity contribution < 1.29 is 36.1 Å². The first-order valence-electron chi connectivity index (χ1n) is 11.6. The summed E-state index contributed by atoms with van der Waals surface area (Å²) in [4.78, 5) is 13.1. The first-order chi connectivity index (χ1) is 18.6. The van der Waals surface area contributed by atoms with E-state index in [9.17, 15) is 22.5 Å². The van der Waals surface area contributed by atoms with Crippen LogP contribution in [0.25, 0.3) is 0 Å². The van der Waals surface area contributed by atoms with Gasteiger partial charge in [0.25, 0.3) is 5.91 Å². The van der Waals surface area contributed by atoms with Crippen LogP contribution >= 0.6 is 19.4 Å². The molecule has 4 aromatic rings. The Kier molecular flexibility index (Phi) is 9.09. The van der Waals surface area contributed by atoms with Crippen LogP contribution in [0.5, 0.6) is 5.75 Å². The smallest absolute Gasteiger partial charge is 0.403 e. The molecular formula is C28H22ClF3NO5P. The molecule has 1 amide bonds. The van der Waals surface area contributed by atoms with Crippen LogP contribution in [-0.2, 0) is 33.0 Å². The highest BCUT2D eigenvalue weighted by atomic mass is 35.5. The van der Waals surface area contributed by atoms with Crippen LogP contribution in [0.3, 0.4) is 0 Å². The molecule has 0 aliphatic heterocycles. The number of phosphoric acid groups is 1. The van der Waals surface area contributed by atoms with E-state index in [1.54, 1.807) is 48.5 Å². The number of benzene rings is 4. The number of hydrogen-bond acceptors (Lipinski definition) is 5. The summed E-state index contributed by atoms with van der Waals surface area (Å²) >= 11 is 6.10. The summed E-state index contributed by atoms with van der Waals surface area (Å²) < 4.78 is 69.3. The topological polar surface area (TPSA) is 73.9 Å². The Labute approximate surface area is 227 Å². The third kappa shape index (κ3) is 8.18. The Morgan fingerprint density at radius 2 is 1.33 bits per heavy atom. The van der Waals surface area contributed by atoms with Gasteiger partial charge in [-0.1, -0.05) is 72.3 Å². The van der Waals surface area contributed by atoms with Crippen molar-refractivity contribution in [2.75, 3.05) is 5.32 Å². The SMILES string of the molecule is O=C(Nc1ccc(C(F)(F)F)cc1)c1cc(Cl)ccc1OP(=O)(OCc1ccccc1)OCc1ccccc1. The zero-order chi connectivity index (χ0) is 27.9. The van der Waals surface area contributed by atoms with E-state index in [-0.39, 0.29) is 35.2 Å². The number of phosphoric ester groups is 1. The Morgan fingerprint density at radius 3 is 1.85 bits per heavy atom. The third-order valence-electron chi connectivity index (χ3n) is 5.33. The molecule has 0 atom stereocenters.